The second kappa shape index (κ2) is 4.78. The fraction of sp³-hybridized carbons (Fsp3) is 0.250. The summed E-state index contributed by atoms with van der Waals surface area (Å²) in [4.78, 5) is 22.3. The molecule has 0 fully saturated rings. The van der Waals surface area contributed by atoms with Crippen LogP contribution < -0.4 is 10.7 Å². The van der Waals surface area contributed by atoms with Crippen molar-refractivity contribution in [3.63, 3.8) is 0 Å². The van der Waals surface area contributed by atoms with Crippen molar-refractivity contribution in [2.45, 2.75) is 12.8 Å². The summed E-state index contributed by atoms with van der Waals surface area (Å²) in [5.41, 5.74) is 4.83. The number of carbonyl (C=O) groups excluding carboxylic acids is 2. The molecule has 0 aromatic heterocycles. The molecule has 1 heterocycles. The molecule has 2 amide bonds. The van der Waals surface area contributed by atoms with Crippen LogP contribution in [-0.4, -0.2) is 24.6 Å². The molecule has 88 valence electrons. The van der Waals surface area contributed by atoms with E-state index in [4.69, 9.17) is 0 Å². The number of hydrazone groups is 1. The Morgan fingerprint density at radius 2 is 2.00 bits per heavy atom. The van der Waals surface area contributed by atoms with Crippen LogP contribution in [0.15, 0.2) is 29.4 Å². The Morgan fingerprint density at radius 3 is 2.53 bits per heavy atom. The zero-order valence-corrected chi connectivity index (χ0v) is 9.49. The van der Waals surface area contributed by atoms with Crippen LogP contribution in [0.5, 0.6) is 0 Å². The Labute approximate surface area is 98.9 Å². The van der Waals surface area contributed by atoms with Gasteiger partial charge in [-0.25, -0.2) is 5.43 Å². The van der Waals surface area contributed by atoms with E-state index in [0.717, 1.165) is 11.3 Å². The molecule has 0 saturated carbocycles. The molecule has 5 nitrogen and oxygen atoms in total. The van der Waals surface area contributed by atoms with Crippen LogP contribution in [0.1, 0.15) is 28.8 Å². The van der Waals surface area contributed by atoms with Gasteiger partial charge in [0.1, 0.15) is 0 Å². The van der Waals surface area contributed by atoms with Gasteiger partial charge in [0.25, 0.3) is 5.91 Å². The summed E-state index contributed by atoms with van der Waals surface area (Å²) in [6, 6.07) is 7.15. The third kappa shape index (κ3) is 2.50. The zero-order valence-electron chi connectivity index (χ0n) is 9.49. The van der Waals surface area contributed by atoms with Crippen molar-refractivity contribution in [2.24, 2.45) is 5.10 Å². The number of nitrogens with zero attached hydrogens (tertiary/aromatic N) is 1. The Morgan fingerprint density at radius 1 is 1.29 bits per heavy atom. The molecule has 0 spiro atoms. The average Bonchev–Trinajstić information content (AvgIpc) is 2.39. The lowest BCUT2D eigenvalue weighted by atomic mass is 10.0. The van der Waals surface area contributed by atoms with E-state index in [9.17, 15) is 9.59 Å². The van der Waals surface area contributed by atoms with Crippen LogP contribution in [-0.2, 0) is 4.79 Å². The summed E-state index contributed by atoms with van der Waals surface area (Å²) >= 11 is 0. The molecule has 0 bridgehead atoms. The van der Waals surface area contributed by atoms with Crippen molar-refractivity contribution in [1.82, 2.24) is 10.7 Å². The van der Waals surface area contributed by atoms with Gasteiger partial charge in [-0.1, -0.05) is 12.1 Å². The quantitative estimate of drug-likeness (QED) is 0.785. The fourth-order valence-corrected chi connectivity index (χ4v) is 1.64. The Hall–Kier alpha value is -2.17. The number of benzene rings is 1. The van der Waals surface area contributed by atoms with Gasteiger partial charge < -0.3 is 5.32 Å². The fourth-order valence-electron chi connectivity index (χ4n) is 1.64. The van der Waals surface area contributed by atoms with Gasteiger partial charge >= 0.3 is 0 Å². The molecule has 1 aromatic rings. The lowest BCUT2D eigenvalue weighted by molar-refractivity contribution is -0.121. The minimum absolute atomic E-state index is 0.0595. The molecule has 1 aliphatic heterocycles. The molecule has 1 aliphatic rings. The summed E-state index contributed by atoms with van der Waals surface area (Å²) in [5, 5.41) is 6.55. The molecule has 0 unspecified atom stereocenters. The summed E-state index contributed by atoms with van der Waals surface area (Å²) in [5.74, 6) is -0.175. The Balaban J connectivity index is 2.18. The van der Waals surface area contributed by atoms with Crippen molar-refractivity contribution < 1.29 is 9.59 Å². The van der Waals surface area contributed by atoms with Crippen molar-refractivity contribution in [2.75, 3.05) is 7.05 Å². The first-order valence-electron chi connectivity index (χ1n) is 5.38. The highest BCUT2D eigenvalue weighted by Gasteiger charge is 2.13. The van der Waals surface area contributed by atoms with Gasteiger partial charge in [0, 0.05) is 25.5 Å². The molecular formula is C12H13N3O2. The van der Waals surface area contributed by atoms with Gasteiger partial charge in [-0.15, -0.1) is 0 Å². The first-order valence-corrected chi connectivity index (χ1v) is 5.38. The van der Waals surface area contributed by atoms with Gasteiger partial charge in [0.2, 0.25) is 5.91 Å². The number of nitrogens with one attached hydrogen (secondary N) is 2. The molecular weight excluding hydrogens is 218 g/mol. The maximum absolute atomic E-state index is 11.3. The number of hydrogen-bond acceptors (Lipinski definition) is 3. The third-order valence-electron chi connectivity index (χ3n) is 2.61. The first kappa shape index (κ1) is 11.3. The Kier molecular flexibility index (Phi) is 3.18. The third-order valence-corrected chi connectivity index (χ3v) is 2.61. The van der Waals surface area contributed by atoms with Crippen molar-refractivity contribution >= 4 is 17.5 Å². The number of hydrogen-bond donors (Lipinski definition) is 2. The molecule has 0 atom stereocenters. The maximum atomic E-state index is 11.3. The van der Waals surface area contributed by atoms with Gasteiger partial charge in [-0.2, -0.15) is 5.10 Å². The topological polar surface area (TPSA) is 70.6 Å². The molecule has 0 saturated heterocycles. The minimum Gasteiger partial charge on any atom is -0.355 e. The summed E-state index contributed by atoms with van der Waals surface area (Å²) in [7, 11) is 1.59. The molecule has 1 aromatic carbocycles. The van der Waals surface area contributed by atoms with E-state index in [2.05, 4.69) is 15.8 Å². The predicted octanol–water partition coefficient (Wildman–Crippen LogP) is 0.660. The van der Waals surface area contributed by atoms with Gasteiger partial charge in [-0.05, 0) is 17.7 Å². The van der Waals surface area contributed by atoms with Crippen LogP contribution >= 0.6 is 0 Å². The zero-order chi connectivity index (χ0) is 12.3. The van der Waals surface area contributed by atoms with Gasteiger partial charge in [0.05, 0.1) is 5.71 Å². The van der Waals surface area contributed by atoms with Crippen LogP contribution in [0.2, 0.25) is 0 Å². The van der Waals surface area contributed by atoms with E-state index >= 15 is 0 Å². The van der Waals surface area contributed by atoms with Crippen molar-refractivity contribution in [1.29, 1.82) is 0 Å². The average molecular weight is 231 g/mol. The second-order valence-electron chi connectivity index (χ2n) is 3.75. The van der Waals surface area contributed by atoms with Gasteiger partial charge in [-0.3, -0.25) is 9.59 Å². The molecule has 17 heavy (non-hydrogen) atoms. The molecule has 0 aliphatic carbocycles. The lowest BCUT2D eigenvalue weighted by Gasteiger charge is -2.12. The van der Waals surface area contributed by atoms with Crippen LogP contribution in [0, 0.1) is 0 Å². The monoisotopic (exact) mass is 231 g/mol. The number of rotatable bonds is 2. The predicted molar refractivity (Wildman–Crippen MR) is 63.7 cm³/mol. The smallest absolute Gasteiger partial charge is 0.251 e. The van der Waals surface area contributed by atoms with Crippen LogP contribution in [0.25, 0.3) is 0 Å². The standard InChI is InChI=1S/C12H13N3O2/c1-13-12(17)9-4-2-8(3-5-9)10-6-7-11(16)15-14-10/h2-5H,6-7H2,1H3,(H,13,17)(H,15,16). The highest BCUT2D eigenvalue weighted by molar-refractivity contribution is 6.04. The van der Waals surface area contributed by atoms with E-state index in [1.807, 2.05) is 12.1 Å². The van der Waals surface area contributed by atoms with E-state index in [-0.39, 0.29) is 11.8 Å². The van der Waals surface area contributed by atoms with Gasteiger partial charge in [0.15, 0.2) is 0 Å². The lowest BCUT2D eigenvalue weighted by Crippen LogP contribution is -2.26. The van der Waals surface area contributed by atoms with Crippen LogP contribution in [0.4, 0.5) is 0 Å². The largest absolute Gasteiger partial charge is 0.355 e. The highest BCUT2D eigenvalue weighted by atomic mass is 16.2. The summed E-state index contributed by atoms with van der Waals surface area (Å²) < 4.78 is 0. The molecule has 2 N–H and O–H groups in total. The van der Waals surface area contributed by atoms with E-state index in [1.54, 1.807) is 19.2 Å². The Bertz CT molecular complexity index is 477. The number of carbonyl (C=O) groups is 2. The van der Waals surface area contributed by atoms with Crippen molar-refractivity contribution in [3.05, 3.63) is 35.4 Å². The highest BCUT2D eigenvalue weighted by Crippen LogP contribution is 2.11. The normalized spacial score (nSPS) is 14.9. The van der Waals surface area contributed by atoms with E-state index in [0.29, 0.717) is 18.4 Å². The van der Waals surface area contributed by atoms with E-state index < -0.39 is 0 Å². The van der Waals surface area contributed by atoms with Crippen molar-refractivity contribution in [3.8, 4) is 0 Å². The molecule has 2 rings (SSSR count). The molecule has 5 heteroatoms. The van der Waals surface area contributed by atoms with Crippen LogP contribution in [0.3, 0.4) is 0 Å². The van der Waals surface area contributed by atoms with E-state index in [1.165, 1.54) is 0 Å². The summed E-state index contributed by atoms with van der Waals surface area (Å²) in [6.07, 6.45) is 1.08. The number of amides is 2. The minimum atomic E-state index is -0.115. The summed E-state index contributed by atoms with van der Waals surface area (Å²) in [6.45, 7) is 0. The first-order chi connectivity index (χ1) is 8.20. The second-order valence-corrected chi connectivity index (χ2v) is 3.75. The maximum Gasteiger partial charge on any atom is 0.251 e. The molecule has 0 radical (unpaired) electrons. The SMILES string of the molecule is CNC(=O)c1ccc(C2=NNC(=O)CC2)cc1.